The minimum Gasteiger partial charge on any atom is -0.463 e. The lowest BCUT2D eigenvalue weighted by molar-refractivity contribution is 0.0587. The molecular weight excluding hydrogens is 242 g/mol. The quantitative estimate of drug-likeness (QED) is 0.750. The first kappa shape index (κ1) is 10.3. The molecule has 0 aliphatic heterocycles. The van der Waals surface area contributed by atoms with Gasteiger partial charge in [0, 0.05) is 17.5 Å². The monoisotopic (exact) mass is 251 g/mol. The number of rotatable bonds is 3. The summed E-state index contributed by atoms with van der Waals surface area (Å²) in [5, 5.41) is 4.60. The SMILES string of the molecule is COC(=O)c1ncn(-c2nc(C3CC3)ns2)n1. The average molecular weight is 251 g/mol. The van der Waals surface area contributed by atoms with E-state index in [1.165, 1.54) is 29.7 Å². The summed E-state index contributed by atoms with van der Waals surface area (Å²) in [5.74, 6) is 0.829. The molecule has 2 heterocycles. The predicted octanol–water partition coefficient (Wildman–Crippen LogP) is 0.783. The van der Waals surface area contributed by atoms with Crippen LogP contribution in [0.3, 0.4) is 0 Å². The molecule has 8 heteroatoms. The largest absolute Gasteiger partial charge is 0.463 e. The highest BCUT2D eigenvalue weighted by molar-refractivity contribution is 7.08. The van der Waals surface area contributed by atoms with Gasteiger partial charge < -0.3 is 4.74 Å². The minimum atomic E-state index is -0.560. The topological polar surface area (TPSA) is 82.8 Å². The molecule has 0 spiro atoms. The number of hydrogen-bond donors (Lipinski definition) is 0. The normalized spacial score (nSPS) is 14.9. The maximum atomic E-state index is 11.2. The molecular formula is C9H9N5O2S. The molecule has 7 nitrogen and oxygen atoms in total. The van der Waals surface area contributed by atoms with Crippen molar-refractivity contribution in [2.24, 2.45) is 0 Å². The van der Waals surface area contributed by atoms with E-state index in [0.29, 0.717) is 11.0 Å². The van der Waals surface area contributed by atoms with Crippen LogP contribution in [0.2, 0.25) is 0 Å². The number of aromatic nitrogens is 5. The zero-order valence-corrected chi connectivity index (χ0v) is 9.85. The zero-order valence-electron chi connectivity index (χ0n) is 9.03. The van der Waals surface area contributed by atoms with Gasteiger partial charge in [-0.05, 0) is 12.8 Å². The van der Waals surface area contributed by atoms with Crippen molar-refractivity contribution in [2.45, 2.75) is 18.8 Å². The van der Waals surface area contributed by atoms with Gasteiger partial charge in [-0.1, -0.05) is 0 Å². The molecule has 2 aromatic rings. The fraction of sp³-hybridized carbons (Fsp3) is 0.444. The van der Waals surface area contributed by atoms with E-state index in [4.69, 9.17) is 0 Å². The Kier molecular flexibility index (Phi) is 2.36. The summed E-state index contributed by atoms with van der Waals surface area (Å²) in [6.07, 6.45) is 3.74. The molecule has 0 unspecified atom stereocenters. The Balaban J connectivity index is 1.86. The van der Waals surface area contributed by atoms with Crippen molar-refractivity contribution in [3.05, 3.63) is 18.0 Å². The van der Waals surface area contributed by atoms with Crippen molar-refractivity contribution in [3.8, 4) is 5.13 Å². The molecule has 0 amide bonds. The van der Waals surface area contributed by atoms with E-state index in [2.05, 4.69) is 24.2 Å². The average Bonchev–Trinajstić information content (AvgIpc) is 2.91. The van der Waals surface area contributed by atoms with Gasteiger partial charge in [-0.3, -0.25) is 0 Å². The van der Waals surface area contributed by atoms with Crippen molar-refractivity contribution in [1.29, 1.82) is 0 Å². The Hall–Kier alpha value is -1.83. The fourth-order valence-corrected chi connectivity index (χ4v) is 2.04. The van der Waals surface area contributed by atoms with E-state index in [1.807, 2.05) is 0 Å². The third kappa shape index (κ3) is 1.91. The van der Waals surface area contributed by atoms with E-state index in [0.717, 1.165) is 18.7 Å². The first-order chi connectivity index (χ1) is 8.28. The molecule has 1 fully saturated rings. The maximum Gasteiger partial charge on any atom is 0.377 e. The first-order valence-corrected chi connectivity index (χ1v) is 5.89. The van der Waals surface area contributed by atoms with Crippen LogP contribution in [0, 0.1) is 0 Å². The summed E-state index contributed by atoms with van der Waals surface area (Å²) in [5.41, 5.74) is 0. The molecule has 1 aliphatic rings. The molecule has 0 radical (unpaired) electrons. The van der Waals surface area contributed by atoms with Crippen LogP contribution in [-0.2, 0) is 4.74 Å². The molecule has 1 saturated carbocycles. The van der Waals surface area contributed by atoms with Crippen molar-refractivity contribution in [1.82, 2.24) is 24.1 Å². The van der Waals surface area contributed by atoms with Crippen molar-refractivity contribution < 1.29 is 9.53 Å². The highest BCUT2D eigenvalue weighted by atomic mass is 32.1. The summed E-state index contributed by atoms with van der Waals surface area (Å²) < 4.78 is 10.2. The summed E-state index contributed by atoms with van der Waals surface area (Å²) in [7, 11) is 1.29. The lowest BCUT2D eigenvalue weighted by Crippen LogP contribution is -2.05. The van der Waals surface area contributed by atoms with Crippen molar-refractivity contribution >= 4 is 17.5 Å². The standard InChI is InChI=1S/C9H9N5O2S/c1-16-8(15)7-10-4-14(12-7)9-11-6(13-17-9)5-2-3-5/h4-5H,2-3H2,1H3. The van der Waals surface area contributed by atoms with Crippen LogP contribution < -0.4 is 0 Å². The smallest absolute Gasteiger partial charge is 0.377 e. The Labute approximate surface area is 101 Å². The molecule has 1 aliphatic carbocycles. The van der Waals surface area contributed by atoms with E-state index in [9.17, 15) is 4.79 Å². The molecule has 0 saturated heterocycles. The second kappa shape index (κ2) is 3.88. The van der Waals surface area contributed by atoms with Gasteiger partial charge in [0.05, 0.1) is 7.11 Å². The van der Waals surface area contributed by atoms with Gasteiger partial charge in [-0.2, -0.15) is 9.06 Å². The molecule has 3 rings (SSSR count). The van der Waals surface area contributed by atoms with Gasteiger partial charge in [-0.25, -0.2) is 14.8 Å². The molecule has 0 N–H and O–H groups in total. The van der Waals surface area contributed by atoms with Crippen LogP contribution in [0.25, 0.3) is 5.13 Å². The Morgan fingerprint density at radius 3 is 3.12 bits per heavy atom. The van der Waals surface area contributed by atoms with Gasteiger partial charge in [0.25, 0.3) is 5.82 Å². The van der Waals surface area contributed by atoms with Gasteiger partial charge in [0.15, 0.2) is 0 Å². The van der Waals surface area contributed by atoms with E-state index in [-0.39, 0.29) is 5.82 Å². The number of carbonyl (C=O) groups is 1. The van der Waals surface area contributed by atoms with Crippen LogP contribution in [-0.4, -0.2) is 37.2 Å². The van der Waals surface area contributed by atoms with Gasteiger partial charge in [0.1, 0.15) is 12.2 Å². The molecule has 88 valence electrons. The Morgan fingerprint density at radius 2 is 2.41 bits per heavy atom. The first-order valence-electron chi connectivity index (χ1n) is 5.12. The summed E-state index contributed by atoms with van der Waals surface area (Å²) in [6.45, 7) is 0. The summed E-state index contributed by atoms with van der Waals surface area (Å²) in [6, 6.07) is 0. The second-order valence-corrected chi connectivity index (χ2v) is 4.44. The number of methoxy groups -OCH3 is 1. The van der Waals surface area contributed by atoms with E-state index in [1.54, 1.807) is 0 Å². The maximum absolute atomic E-state index is 11.2. The number of hydrogen-bond acceptors (Lipinski definition) is 7. The van der Waals surface area contributed by atoms with Crippen LogP contribution in [0.15, 0.2) is 6.33 Å². The lowest BCUT2D eigenvalue weighted by atomic mass is 10.4. The number of carbonyl (C=O) groups excluding carboxylic acids is 1. The summed E-state index contributed by atoms with van der Waals surface area (Å²) in [4.78, 5) is 19.4. The fourth-order valence-electron chi connectivity index (χ4n) is 1.37. The molecule has 0 bridgehead atoms. The Bertz CT molecular complexity index is 559. The third-order valence-corrected chi connectivity index (χ3v) is 3.15. The van der Waals surface area contributed by atoms with Crippen molar-refractivity contribution in [3.63, 3.8) is 0 Å². The molecule has 0 atom stereocenters. The minimum absolute atomic E-state index is 0.0238. The third-order valence-electron chi connectivity index (χ3n) is 2.43. The van der Waals surface area contributed by atoms with Crippen LogP contribution >= 0.6 is 11.5 Å². The van der Waals surface area contributed by atoms with E-state index >= 15 is 0 Å². The second-order valence-electron chi connectivity index (χ2n) is 3.71. The van der Waals surface area contributed by atoms with Gasteiger partial charge in [0.2, 0.25) is 5.13 Å². The van der Waals surface area contributed by atoms with Gasteiger partial charge >= 0.3 is 5.97 Å². The summed E-state index contributed by atoms with van der Waals surface area (Å²) >= 11 is 1.25. The van der Waals surface area contributed by atoms with E-state index < -0.39 is 5.97 Å². The van der Waals surface area contributed by atoms with Gasteiger partial charge in [-0.15, -0.1) is 5.10 Å². The van der Waals surface area contributed by atoms with Crippen LogP contribution in [0.5, 0.6) is 0 Å². The molecule has 0 aromatic carbocycles. The number of nitrogens with zero attached hydrogens (tertiary/aromatic N) is 5. The highest BCUT2D eigenvalue weighted by Gasteiger charge is 2.28. The number of ether oxygens (including phenoxy) is 1. The molecule has 2 aromatic heterocycles. The highest BCUT2D eigenvalue weighted by Crippen LogP contribution is 2.38. The Morgan fingerprint density at radius 1 is 1.59 bits per heavy atom. The van der Waals surface area contributed by atoms with Crippen LogP contribution in [0.4, 0.5) is 0 Å². The van der Waals surface area contributed by atoms with Crippen LogP contribution in [0.1, 0.15) is 35.2 Å². The predicted molar refractivity (Wildman–Crippen MR) is 58.1 cm³/mol. The zero-order chi connectivity index (χ0) is 11.8. The van der Waals surface area contributed by atoms with Crippen molar-refractivity contribution in [2.75, 3.05) is 7.11 Å². The molecule has 17 heavy (non-hydrogen) atoms. The number of esters is 1. The lowest BCUT2D eigenvalue weighted by Gasteiger charge is -1.91.